The highest BCUT2D eigenvalue weighted by Gasteiger charge is 2.20. The quantitative estimate of drug-likeness (QED) is 0.689. The van der Waals surface area contributed by atoms with Crippen LogP contribution < -0.4 is 5.73 Å². The number of hydrogen-bond acceptors (Lipinski definition) is 2. The Hall–Kier alpha value is -0.0800. The van der Waals surface area contributed by atoms with Crippen molar-refractivity contribution in [2.45, 2.75) is 65.1 Å². The molecule has 2 N–H and O–H groups in total. The van der Waals surface area contributed by atoms with Crippen molar-refractivity contribution in [2.75, 3.05) is 7.05 Å². The summed E-state index contributed by atoms with van der Waals surface area (Å²) in [5.41, 5.74) is 6.02. The molecule has 0 fully saturated rings. The van der Waals surface area contributed by atoms with Crippen LogP contribution in [0, 0.1) is 0 Å². The van der Waals surface area contributed by atoms with Gasteiger partial charge in [0.2, 0.25) is 0 Å². The second kappa shape index (κ2) is 6.39. The van der Waals surface area contributed by atoms with E-state index >= 15 is 0 Å². The van der Waals surface area contributed by atoms with E-state index in [2.05, 4.69) is 39.6 Å². The summed E-state index contributed by atoms with van der Waals surface area (Å²) in [5.74, 6) is 0. The molecule has 0 aromatic heterocycles. The first-order chi connectivity index (χ1) is 6.08. The van der Waals surface area contributed by atoms with Crippen LogP contribution in [0.25, 0.3) is 0 Å². The smallest absolute Gasteiger partial charge is 0.0218 e. The summed E-state index contributed by atoms with van der Waals surface area (Å²) in [6, 6.07) is 1.49. The molecule has 13 heavy (non-hydrogen) atoms. The third-order valence-corrected chi connectivity index (χ3v) is 3.25. The first kappa shape index (κ1) is 12.9. The van der Waals surface area contributed by atoms with Crippen LogP contribution in [-0.2, 0) is 0 Å². The lowest BCUT2D eigenvalue weighted by molar-refractivity contribution is 0.152. The molecule has 0 aliphatic rings. The van der Waals surface area contributed by atoms with E-state index in [4.69, 9.17) is 5.73 Å². The Labute approximate surface area is 83.5 Å². The van der Waals surface area contributed by atoms with Gasteiger partial charge in [0.05, 0.1) is 0 Å². The summed E-state index contributed by atoms with van der Waals surface area (Å²) in [4.78, 5) is 2.42. The number of hydrogen-bond donors (Lipinski definition) is 1. The van der Waals surface area contributed by atoms with Gasteiger partial charge in [-0.3, -0.25) is 4.90 Å². The summed E-state index contributed by atoms with van der Waals surface area (Å²) in [6.07, 6.45) is 3.49. The summed E-state index contributed by atoms with van der Waals surface area (Å²) >= 11 is 0. The predicted molar refractivity (Wildman–Crippen MR) is 59.9 cm³/mol. The van der Waals surface area contributed by atoms with Gasteiger partial charge < -0.3 is 5.73 Å². The lowest BCUT2D eigenvalue weighted by Gasteiger charge is -2.35. The van der Waals surface area contributed by atoms with Crippen molar-refractivity contribution in [1.82, 2.24) is 4.90 Å². The van der Waals surface area contributed by atoms with Gasteiger partial charge >= 0.3 is 0 Å². The minimum atomic E-state index is 0.311. The molecule has 0 saturated carbocycles. The minimum Gasteiger partial charge on any atom is -0.326 e. The normalized spacial score (nSPS) is 16.6. The van der Waals surface area contributed by atoms with Crippen LogP contribution in [0.1, 0.15) is 47.0 Å². The van der Waals surface area contributed by atoms with Gasteiger partial charge in [-0.05, 0) is 33.2 Å². The molecular formula is C11H26N2. The van der Waals surface area contributed by atoms with Crippen LogP contribution in [0.3, 0.4) is 0 Å². The standard InChI is InChI=1S/C11H26N2/c1-6-10(7-2)13(5)9(4)11(12)8-3/h9-11H,6-8,12H2,1-5H3. The number of rotatable bonds is 6. The van der Waals surface area contributed by atoms with Gasteiger partial charge in [0.25, 0.3) is 0 Å². The lowest BCUT2D eigenvalue weighted by Crippen LogP contribution is -2.47. The van der Waals surface area contributed by atoms with Gasteiger partial charge in [-0.1, -0.05) is 20.8 Å². The monoisotopic (exact) mass is 186 g/mol. The van der Waals surface area contributed by atoms with Gasteiger partial charge in [-0.15, -0.1) is 0 Å². The van der Waals surface area contributed by atoms with Crippen LogP contribution in [0.5, 0.6) is 0 Å². The zero-order chi connectivity index (χ0) is 10.4. The highest BCUT2D eigenvalue weighted by atomic mass is 15.2. The first-order valence-electron chi connectivity index (χ1n) is 5.55. The van der Waals surface area contributed by atoms with Gasteiger partial charge in [0.1, 0.15) is 0 Å². The fourth-order valence-electron chi connectivity index (χ4n) is 1.84. The second-order valence-corrected chi connectivity index (χ2v) is 3.95. The largest absolute Gasteiger partial charge is 0.326 e. The maximum absolute atomic E-state index is 6.02. The van der Waals surface area contributed by atoms with Crippen LogP contribution in [0.4, 0.5) is 0 Å². The van der Waals surface area contributed by atoms with Crippen molar-refractivity contribution < 1.29 is 0 Å². The Morgan fingerprint density at radius 3 is 1.85 bits per heavy atom. The van der Waals surface area contributed by atoms with Gasteiger partial charge in [-0.2, -0.15) is 0 Å². The van der Waals surface area contributed by atoms with E-state index < -0.39 is 0 Å². The molecule has 0 aromatic carbocycles. The van der Waals surface area contributed by atoms with Crippen molar-refractivity contribution in [3.8, 4) is 0 Å². The summed E-state index contributed by atoms with van der Waals surface area (Å²) in [7, 11) is 2.19. The van der Waals surface area contributed by atoms with E-state index in [1.54, 1.807) is 0 Å². The zero-order valence-corrected chi connectivity index (χ0v) is 9.88. The molecule has 0 heterocycles. The molecule has 0 spiro atoms. The Kier molecular flexibility index (Phi) is 6.35. The predicted octanol–water partition coefficient (Wildman–Crippen LogP) is 2.23. The van der Waals surface area contributed by atoms with Crippen LogP contribution in [-0.4, -0.2) is 30.1 Å². The Balaban J connectivity index is 4.13. The molecule has 2 atom stereocenters. The number of likely N-dealkylation sites (N-methyl/N-ethyl adjacent to an activating group) is 1. The molecular weight excluding hydrogens is 160 g/mol. The van der Waals surface area contributed by atoms with E-state index in [1.165, 1.54) is 12.8 Å². The van der Waals surface area contributed by atoms with Crippen molar-refractivity contribution in [2.24, 2.45) is 5.73 Å². The molecule has 2 unspecified atom stereocenters. The Bertz CT molecular complexity index is 121. The highest BCUT2D eigenvalue weighted by Crippen LogP contribution is 2.12. The van der Waals surface area contributed by atoms with Crippen molar-refractivity contribution >= 4 is 0 Å². The summed E-state index contributed by atoms with van der Waals surface area (Å²) in [6.45, 7) is 8.87. The van der Waals surface area contributed by atoms with Gasteiger partial charge in [0.15, 0.2) is 0 Å². The van der Waals surface area contributed by atoms with E-state index in [1.807, 2.05) is 0 Å². The van der Waals surface area contributed by atoms with Crippen LogP contribution >= 0.6 is 0 Å². The maximum Gasteiger partial charge on any atom is 0.0218 e. The molecule has 0 aliphatic heterocycles. The first-order valence-corrected chi connectivity index (χ1v) is 5.55. The molecule has 0 rings (SSSR count). The van der Waals surface area contributed by atoms with E-state index in [0.29, 0.717) is 18.1 Å². The van der Waals surface area contributed by atoms with Gasteiger partial charge in [0, 0.05) is 18.1 Å². The molecule has 2 nitrogen and oxygen atoms in total. The average molecular weight is 186 g/mol. The number of nitrogens with two attached hydrogens (primary N) is 1. The van der Waals surface area contributed by atoms with Crippen molar-refractivity contribution in [1.29, 1.82) is 0 Å². The molecule has 0 radical (unpaired) electrons. The SMILES string of the molecule is CCC(N)C(C)N(C)C(CC)CC. The zero-order valence-electron chi connectivity index (χ0n) is 9.88. The Morgan fingerprint density at radius 1 is 1.08 bits per heavy atom. The summed E-state index contributed by atoms with van der Waals surface area (Å²) < 4.78 is 0. The number of nitrogens with zero attached hydrogens (tertiary/aromatic N) is 1. The molecule has 0 aromatic rings. The second-order valence-electron chi connectivity index (χ2n) is 3.95. The average Bonchev–Trinajstić information content (AvgIpc) is 2.17. The maximum atomic E-state index is 6.02. The fraction of sp³-hybridized carbons (Fsp3) is 1.00. The van der Waals surface area contributed by atoms with Crippen molar-refractivity contribution in [3.05, 3.63) is 0 Å². The van der Waals surface area contributed by atoms with E-state index in [0.717, 1.165) is 6.42 Å². The molecule has 2 heteroatoms. The lowest BCUT2D eigenvalue weighted by atomic mass is 10.0. The van der Waals surface area contributed by atoms with Crippen LogP contribution in [0.15, 0.2) is 0 Å². The Morgan fingerprint density at radius 2 is 1.54 bits per heavy atom. The van der Waals surface area contributed by atoms with E-state index in [9.17, 15) is 0 Å². The summed E-state index contributed by atoms with van der Waals surface area (Å²) in [5, 5.41) is 0. The van der Waals surface area contributed by atoms with Gasteiger partial charge in [-0.25, -0.2) is 0 Å². The van der Waals surface area contributed by atoms with Crippen molar-refractivity contribution in [3.63, 3.8) is 0 Å². The van der Waals surface area contributed by atoms with Crippen LogP contribution in [0.2, 0.25) is 0 Å². The molecule has 0 aliphatic carbocycles. The minimum absolute atomic E-state index is 0.311. The third-order valence-electron chi connectivity index (χ3n) is 3.25. The topological polar surface area (TPSA) is 29.3 Å². The molecule has 80 valence electrons. The molecule has 0 amide bonds. The van der Waals surface area contributed by atoms with E-state index in [-0.39, 0.29) is 0 Å². The highest BCUT2D eigenvalue weighted by molar-refractivity contribution is 4.79. The third kappa shape index (κ3) is 3.65. The molecule has 0 bridgehead atoms. The molecule has 0 saturated heterocycles. The fourth-order valence-corrected chi connectivity index (χ4v) is 1.84.